The van der Waals surface area contributed by atoms with Crippen LogP contribution in [0, 0.1) is 0 Å². The van der Waals surface area contributed by atoms with E-state index in [1.807, 2.05) is 18.2 Å². The number of hydrogen-bond donors (Lipinski definition) is 0. The highest BCUT2D eigenvalue weighted by Gasteiger charge is 2.20. The Morgan fingerprint density at radius 2 is 1.61 bits per heavy atom. The number of ether oxygens (including phenoxy) is 1. The lowest BCUT2D eigenvalue weighted by molar-refractivity contribution is 0.0768. The van der Waals surface area contributed by atoms with Crippen molar-refractivity contribution in [1.82, 2.24) is 14.7 Å². The Morgan fingerprint density at radius 1 is 0.968 bits per heavy atom. The highest BCUT2D eigenvalue weighted by Crippen LogP contribution is 2.18. The van der Waals surface area contributed by atoms with E-state index in [1.54, 1.807) is 67.7 Å². The van der Waals surface area contributed by atoms with E-state index in [0.29, 0.717) is 40.4 Å². The average Bonchev–Trinajstić information content (AvgIpc) is 2.81. The van der Waals surface area contributed by atoms with E-state index in [-0.39, 0.29) is 17.2 Å². The molecule has 7 heteroatoms. The summed E-state index contributed by atoms with van der Waals surface area (Å²) in [6.07, 6.45) is 0. The zero-order valence-electron chi connectivity index (χ0n) is 16.9. The van der Waals surface area contributed by atoms with Gasteiger partial charge in [0.05, 0.1) is 17.6 Å². The maximum atomic E-state index is 13.2. The number of fused-ring (bicyclic) bond motifs is 1. The van der Waals surface area contributed by atoms with Crippen LogP contribution >= 0.6 is 11.6 Å². The van der Waals surface area contributed by atoms with E-state index >= 15 is 0 Å². The van der Waals surface area contributed by atoms with Crippen LogP contribution in [0.4, 0.5) is 0 Å². The summed E-state index contributed by atoms with van der Waals surface area (Å²) < 4.78 is 6.96. The molecule has 1 amide bonds. The lowest BCUT2D eigenvalue weighted by Crippen LogP contribution is -2.34. The Kier molecular flexibility index (Phi) is 6.00. The van der Waals surface area contributed by atoms with Gasteiger partial charge in [0, 0.05) is 17.5 Å². The molecule has 1 aromatic heterocycles. The van der Waals surface area contributed by atoms with Gasteiger partial charge < -0.3 is 9.64 Å². The maximum absolute atomic E-state index is 13.2. The predicted molar refractivity (Wildman–Crippen MR) is 121 cm³/mol. The summed E-state index contributed by atoms with van der Waals surface area (Å²) in [5, 5.41) is 6.02. The maximum Gasteiger partial charge on any atom is 0.279 e. The lowest BCUT2D eigenvalue weighted by atomic mass is 10.1. The molecule has 0 aliphatic heterocycles. The highest BCUT2D eigenvalue weighted by molar-refractivity contribution is 6.30. The number of carbonyl (C=O) groups excluding carboxylic acids is 1. The first-order chi connectivity index (χ1) is 15.0. The number of likely N-dealkylation sites (N-methyl/N-ethyl adjacent to an activating group) is 1. The molecule has 3 aromatic carbocycles. The van der Waals surface area contributed by atoms with Crippen LogP contribution in [0.1, 0.15) is 10.5 Å². The Morgan fingerprint density at radius 3 is 2.32 bits per heavy atom. The smallest absolute Gasteiger partial charge is 0.279 e. The first-order valence-electron chi connectivity index (χ1n) is 9.76. The number of nitrogens with zero attached hydrogens (tertiary/aromatic N) is 3. The van der Waals surface area contributed by atoms with Crippen molar-refractivity contribution in [3.05, 3.63) is 99.9 Å². The van der Waals surface area contributed by atoms with Crippen LogP contribution < -0.4 is 10.3 Å². The first kappa shape index (κ1) is 20.6. The number of halogens is 1. The Balaban J connectivity index is 1.61. The molecule has 0 bridgehead atoms. The van der Waals surface area contributed by atoms with Gasteiger partial charge in [-0.2, -0.15) is 9.78 Å². The second-order valence-corrected chi connectivity index (χ2v) is 7.41. The molecule has 0 aliphatic rings. The Labute approximate surface area is 184 Å². The second-order valence-electron chi connectivity index (χ2n) is 6.98. The van der Waals surface area contributed by atoms with Crippen LogP contribution in [0.2, 0.25) is 5.02 Å². The van der Waals surface area contributed by atoms with Gasteiger partial charge in [0.1, 0.15) is 12.4 Å². The van der Waals surface area contributed by atoms with Crippen molar-refractivity contribution in [3.63, 3.8) is 0 Å². The summed E-state index contributed by atoms with van der Waals surface area (Å²) in [6, 6.07) is 23.1. The van der Waals surface area contributed by atoms with Gasteiger partial charge in [-0.15, -0.1) is 0 Å². The van der Waals surface area contributed by atoms with Crippen molar-refractivity contribution in [2.45, 2.75) is 0 Å². The topological polar surface area (TPSA) is 64.4 Å². The monoisotopic (exact) mass is 433 g/mol. The molecule has 4 aromatic rings. The molecule has 0 saturated carbocycles. The van der Waals surface area contributed by atoms with Gasteiger partial charge in [-0.1, -0.05) is 48.0 Å². The number of benzene rings is 3. The average molecular weight is 434 g/mol. The molecule has 0 N–H and O–H groups in total. The molecule has 0 saturated heterocycles. The van der Waals surface area contributed by atoms with Gasteiger partial charge in [-0.05, 0) is 42.5 Å². The molecule has 0 unspecified atom stereocenters. The molecule has 6 nitrogen and oxygen atoms in total. The standard InChI is InChI=1S/C24H20ClN3O3/c1-27(15-16-31-19-13-11-17(25)12-14-19)24(30)22-20-9-5-6-10-21(20)23(29)28(26-22)18-7-3-2-4-8-18/h2-14H,15-16H2,1H3. The highest BCUT2D eigenvalue weighted by atomic mass is 35.5. The summed E-state index contributed by atoms with van der Waals surface area (Å²) in [7, 11) is 1.68. The molecule has 0 fully saturated rings. The third-order valence-electron chi connectivity index (χ3n) is 4.86. The van der Waals surface area contributed by atoms with Crippen molar-refractivity contribution in [1.29, 1.82) is 0 Å². The zero-order chi connectivity index (χ0) is 21.8. The normalized spacial score (nSPS) is 10.8. The van der Waals surface area contributed by atoms with E-state index in [2.05, 4.69) is 5.10 Å². The van der Waals surface area contributed by atoms with Gasteiger partial charge >= 0.3 is 0 Å². The minimum Gasteiger partial charge on any atom is -0.492 e. The Bertz CT molecular complexity index is 1270. The quantitative estimate of drug-likeness (QED) is 0.457. The van der Waals surface area contributed by atoms with Crippen molar-refractivity contribution in [2.24, 2.45) is 0 Å². The summed E-state index contributed by atoms with van der Waals surface area (Å²) in [5.74, 6) is 0.382. The largest absolute Gasteiger partial charge is 0.492 e. The SMILES string of the molecule is CN(CCOc1ccc(Cl)cc1)C(=O)c1nn(-c2ccccc2)c(=O)c2ccccc12. The predicted octanol–water partition coefficient (Wildman–Crippen LogP) is 4.19. The molecular formula is C24H20ClN3O3. The fourth-order valence-electron chi connectivity index (χ4n) is 3.21. The van der Waals surface area contributed by atoms with Crippen LogP contribution in [0.25, 0.3) is 16.5 Å². The molecule has 0 atom stereocenters. The molecule has 156 valence electrons. The fourth-order valence-corrected chi connectivity index (χ4v) is 3.33. The van der Waals surface area contributed by atoms with E-state index in [9.17, 15) is 9.59 Å². The van der Waals surface area contributed by atoms with Crippen molar-refractivity contribution in [2.75, 3.05) is 20.2 Å². The van der Waals surface area contributed by atoms with Gasteiger partial charge in [0.15, 0.2) is 5.69 Å². The summed E-state index contributed by atoms with van der Waals surface area (Å²) in [6.45, 7) is 0.655. The van der Waals surface area contributed by atoms with Crippen molar-refractivity contribution in [3.8, 4) is 11.4 Å². The fraction of sp³-hybridized carbons (Fsp3) is 0.125. The minimum absolute atomic E-state index is 0.216. The minimum atomic E-state index is -0.291. The number of amides is 1. The van der Waals surface area contributed by atoms with E-state index in [4.69, 9.17) is 16.3 Å². The molecule has 4 rings (SSSR count). The van der Waals surface area contributed by atoms with Crippen molar-refractivity contribution < 1.29 is 9.53 Å². The van der Waals surface area contributed by atoms with Gasteiger partial charge in [-0.25, -0.2) is 0 Å². The molecule has 1 heterocycles. The van der Waals surface area contributed by atoms with Crippen LogP contribution in [0.5, 0.6) is 5.75 Å². The molecule has 0 spiro atoms. The second kappa shape index (κ2) is 9.02. The van der Waals surface area contributed by atoms with Gasteiger partial charge in [0.25, 0.3) is 11.5 Å². The van der Waals surface area contributed by atoms with Crippen molar-refractivity contribution >= 4 is 28.3 Å². The summed E-state index contributed by atoms with van der Waals surface area (Å²) in [4.78, 5) is 27.7. The van der Waals surface area contributed by atoms with Gasteiger partial charge in [-0.3, -0.25) is 9.59 Å². The zero-order valence-corrected chi connectivity index (χ0v) is 17.6. The van der Waals surface area contributed by atoms with E-state index < -0.39 is 0 Å². The van der Waals surface area contributed by atoms with E-state index in [1.165, 1.54) is 9.58 Å². The molecular weight excluding hydrogens is 414 g/mol. The van der Waals surface area contributed by atoms with Crippen LogP contribution in [-0.2, 0) is 0 Å². The summed E-state index contributed by atoms with van der Waals surface area (Å²) in [5.41, 5.74) is 0.543. The van der Waals surface area contributed by atoms with Crippen LogP contribution in [0.3, 0.4) is 0 Å². The third kappa shape index (κ3) is 4.44. The number of aromatic nitrogens is 2. The first-order valence-corrected chi connectivity index (χ1v) is 10.1. The third-order valence-corrected chi connectivity index (χ3v) is 5.12. The lowest BCUT2D eigenvalue weighted by Gasteiger charge is -2.19. The number of rotatable bonds is 6. The van der Waals surface area contributed by atoms with Gasteiger partial charge in [0.2, 0.25) is 0 Å². The Hall–Kier alpha value is -3.64. The molecule has 0 aliphatic carbocycles. The number of carbonyl (C=O) groups is 1. The van der Waals surface area contributed by atoms with E-state index in [0.717, 1.165) is 0 Å². The number of para-hydroxylation sites is 1. The van der Waals surface area contributed by atoms with Crippen LogP contribution in [-0.4, -0.2) is 40.8 Å². The number of hydrogen-bond acceptors (Lipinski definition) is 4. The molecule has 31 heavy (non-hydrogen) atoms. The van der Waals surface area contributed by atoms with Crippen LogP contribution in [0.15, 0.2) is 83.7 Å². The molecule has 0 radical (unpaired) electrons. The summed E-state index contributed by atoms with van der Waals surface area (Å²) >= 11 is 5.88.